The third-order valence-electron chi connectivity index (χ3n) is 2.04. The Morgan fingerprint density at radius 3 is 2.75 bits per heavy atom. The fourth-order valence-corrected chi connectivity index (χ4v) is 1.21. The van der Waals surface area contributed by atoms with Gasteiger partial charge in [-0.25, -0.2) is 4.79 Å². The van der Waals surface area contributed by atoms with Gasteiger partial charge in [-0.1, -0.05) is 12.6 Å². The fourth-order valence-electron chi connectivity index (χ4n) is 1.21. The number of carbonyl (C=O) groups excluding carboxylic acids is 1. The normalized spacial score (nSPS) is 9.62. The number of ether oxygens (including phenoxy) is 2. The van der Waals surface area contributed by atoms with Gasteiger partial charge in [-0.3, -0.25) is 0 Å². The zero-order valence-corrected chi connectivity index (χ0v) is 9.32. The number of hydrogen-bond acceptors (Lipinski definition) is 4. The van der Waals surface area contributed by atoms with Crippen molar-refractivity contribution < 1.29 is 19.4 Å². The Kier molecular flexibility index (Phi) is 3.94. The van der Waals surface area contributed by atoms with Gasteiger partial charge in [0.2, 0.25) is 0 Å². The summed E-state index contributed by atoms with van der Waals surface area (Å²) in [6, 6.07) is 4.59. The van der Waals surface area contributed by atoms with Crippen LogP contribution in [0.15, 0.2) is 24.8 Å². The summed E-state index contributed by atoms with van der Waals surface area (Å²) < 4.78 is 9.75. The molecule has 0 heterocycles. The molecule has 0 amide bonds. The molecule has 0 aliphatic heterocycles. The molecule has 0 radical (unpaired) electrons. The van der Waals surface area contributed by atoms with Crippen molar-refractivity contribution in [2.75, 3.05) is 13.7 Å². The minimum absolute atomic E-state index is 0.0308. The molecular formula is C12H14O4. The second-order valence-electron chi connectivity index (χ2n) is 3.09. The highest BCUT2D eigenvalue weighted by atomic mass is 16.5. The molecule has 0 fully saturated rings. The van der Waals surface area contributed by atoms with E-state index in [4.69, 9.17) is 4.74 Å². The average Bonchev–Trinajstić information content (AvgIpc) is 2.30. The van der Waals surface area contributed by atoms with E-state index < -0.39 is 5.97 Å². The molecule has 1 aromatic rings. The Morgan fingerprint density at radius 2 is 2.19 bits per heavy atom. The highest BCUT2D eigenvalue weighted by Crippen LogP contribution is 2.29. The number of hydrogen-bond donors (Lipinski definition) is 1. The van der Waals surface area contributed by atoms with Crippen molar-refractivity contribution in [2.45, 2.75) is 6.92 Å². The monoisotopic (exact) mass is 222 g/mol. The lowest BCUT2D eigenvalue weighted by Crippen LogP contribution is -2.03. The first kappa shape index (κ1) is 12.1. The molecule has 0 bridgehead atoms. The molecule has 86 valence electrons. The van der Waals surface area contributed by atoms with Crippen LogP contribution in [0.4, 0.5) is 0 Å². The Balaban J connectivity index is 3.02. The van der Waals surface area contributed by atoms with Crippen LogP contribution in [0.5, 0.6) is 11.5 Å². The number of methoxy groups -OCH3 is 1. The van der Waals surface area contributed by atoms with Gasteiger partial charge in [0, 0.05) is 0 Å². The second kappa shape index (κ2) is 5.21. The van der Waals surface area contributed by atoms with E-state index in [0.29, 0.717) is 17.9 Å². The van der Waals surface area contributed by atoms with Crippen LogP contribution in [-0.2, 0) is 9.53 Å². The highest BCUT2D eigenvalue weighted by Gasteiger charge is 2.12. The SMILES string of the molecule is C=C(C(=O)OC)c1ccc(O)c(OCC)c1. The Morgan fingerprint density at radius 1 is 1.50 bits per heavy atom. The summed E-state index contributed by atoms with van der Waals surface area (Å²) in [5.41, 5.74) is 0.788. The molecule has 0 saturated heterocycles. The van der Waals surface area contributed by atoms with Gasteiger partial charge < -0.3 is 14.6 Å². The summed E-state index contributed by atoms with van der Waals surface area (Å²) in [6.45, 7) is 5.85. The maximum atomic E-state index is 11.2. The zero-order valence-electron chi connectivity index (χ0n) is 9.32. The van der Waals surface area contributed by atoms with Crippen LogP contribution in [0.2, 0.25) is 0 Å². The predicted octanol–water partition coefficient (Wildman–Crippen LogP) is 1.98. The molecule has 4 nitrogen and oxygen atoms in total. The van der Waals surface area contributed by atoms with Crippen molar-refractivity contribution >= 4 is 11.5 Å². The van der Waals surface area contributed by atoms with Crippen molar-refractivity contribution in [1.82, 2.24) is 0 Å². The molecule has 0 aliphatic carbocycles. The quantitative estimate of drug-likeness (QED) is 0.625. The van der Waals surface area contributed by atoms with E-state index in [1.54, 1.807) is 19.1 Å². The van der Waals surface area contributed by atoms with Crippen LogP contribution in [-0.4, -0.2) is 24.8 Å². The van der Waals surface area contributed by atoms with Crippen LogP contribution >= 0.6 is 0 Å². The van der Waals surface area contributed by atoms with Gasteiger partial charge in [-0.2, -0.15) is 0 Å². The molecule has 0 unspecified atom stereocenters. The standard InChI is InChI=1S/C12H14O4/c1-4-16-11-7-9(5-6-10(11)13)8(2)12(14)15-3/h5-7,13H,2,4H2,1,3H3. The second-order valence-corrected chi connectivity index (χ2v) is 3.09. The zero-order chi connectivity index (χ0) is 12.1. The van der Waals surface area contributed by atoms with Gasteiger partial charge in [-0.15, -0.1) is 0 Å². The number of aromatic hydroxyl groups is 1. The molecule has 0 aliphatic rings. The van der Waals surface area contributed by atoms with Crippen LogP contribution in [0.3, 0.4) is 0 Å². The van der Waals surface area contributed by atoms with E-state index in [2.05, 4.69) is 11.3 Å². The van der Waals surface area contributed by atoms with Crippen molar-refractivity contribution in [3.05, 3.63) is 30.3 Å². The van der Waals surface area contributed by atoms with Gasteiger partial charge in [0.05, 0.1) is 19.3 Å². The lowest BCUT2D eigenvalue weighted by Gasteiger charge is -2.09. The van der Waals surface area contributed by atoms with E-state index in [1.807, 2.05) is 0 Å². The van der Waals surface area contributed by atoms with Crippen molar-refractivity contribution in [2.24, 2.45) is 0 Å². The van der Waals surface area contributed by atoms with Crippen LogP contribution in [0.1, 0.15) is 12.5 Å². The van der Waals surface area contributed by atoms with Gasteiger partial charge in [-0.05, 0) is 24.6 Å². The number of phenolic OH excluding ortho intramolecular Hbond substituents is 1. The number of benzene rings is 1. The lowest BCUT2D eigenvalue weighted by molar-refractivity contribution is -0.133. The van der Waals surface area contributed by atoms with E-state index in [9.17, 15) is 9.90 Å². The Bertz CT molecular complexity index is 409. The molecule has 16 heavy (non-hydrogen) atoms. The van der Waals surface area contributed by atoms with Gasteiger partial charge in [0.1, 0.15) is 0 Å². The maximum Gasteiger partial charge on any atom is 0.337 e. The minimum Gasteiger partial charge on any atom is -0.504 e. The third-order valence-corrected chi connectivity index (χ3v) is 2.04. The summed E-state index contributed by atoms with van der Waals surface area (Å²) in [5, 5.41) is 9.47. The van der Waals surface area contributed by atoms with Crippen LogP contribution in [0, 0.1) is 0 Å². The van der Waals surface area contributed by atoms with Crippen LogP contribution < -0.4 is 4.74 Å². The average molecular weight is 222 g/mol. The van der Waals surface area contributed by atoms with Gasteiger partial charge >= 0.3 is 5.97 Å². The Hall–Kier alpha value is -1.97. The third kappa shape index (κ3) is 2.53. The molecule has 0 aromatic heterocycles. The summed E-state index contributed by atoms with van der Waals surface area (Å²) >= 11 is 0. The van der Waals surface area contributed by atoms with Crippen LogP contribution in [0.25, 0.3) is 5.57 Å². The summed E-state index contributed by atoms with van der Waals surface area (Å²) in [4.78, 5) is 11.2. The molecular weight excluding hydrogens is 208 g/mol. The number of phenols is 1. The first-order chi connectivity index (χ1) is 7.60. The minimum atomic E-state index is -0.506. The highest BCUT2D eigenvalue weighted by molar-refractivity contribution is 6.15. The van der Waals surface area contributed by atoms with Gasteiger partial charge in [0.15, 0.2) is 11.5 Å². The number of carbonyl (C=O) groups is 1. The van der Waals surface area contributed by atoms with E-state index >= 15 is 0 Å². The fraction of sp³-hybridized carbons (Fsp3) is 0.250. The van der Waals surface area contributed by atoms with Gasteiger partial charge in [0.25, 0.3) is 0 Å². The molecule has 1 aromatic carbocycles. The molecule has 0 spiro atoms. The first-order valence-corrected chi connectivity index (χ1v) is 4.83. The largest absolute Gasteiger partial charge is 0.504 e. The molecule has 0 atom stereocenters. The lowest BCUT2D eigenvalue weighted by atomic mass is 10.1. The molecule has 0 saturated carbocycles. The van der Waals surface area contributed by atoms with E-state index in [0.717, 1.165) is 0 Å². The Labute approximate surface area is 94.1 Å². The van der Waals surface area contributed by atoms with Crippen molar-refractivity contribution in [3.63, 3.8) is 0 Å². The predicted molar refractivity (Wildman–Crippen MR) is 60.3 cm³/mol. The van der Waals surface area contributed by atoms with Crippen molar-refractivity contribution in [1.29, 1.82) is 0 Å². The molecule has 4 heteroatoms. The summed E-state index contributed by atoms with van der Waals surface area (Å²) in [7, 11) is 1.29. The summed E-state index contributed by atoms with van der Waals surface area (Å²) in [5.74, 6) is -0.151. The maximum absolute atomic E-state index is 11.2. The molecule has 1 N–H and O–H groups in total. The number of rotatable bonds is 4. The smallest absolute Gasteiger partial charge is 0.337 e. The summed E-state index contributed by atoms with van der Waals surface area (Å²) in [6.07, 6.45) is 0. The topological polar surface area (TPSA) is 55.8 Å². The number of esters is 1. The van der Waals surface area contributed by atoms with Crippen molar-refractivity contribution in [3.8, 4) is 11.5 Å². The first-order valence-electron chi connectivity index (χ1n) is 4.83. The molecule has 1 rings (SSSR count). The van der Waals surface area contributed by atoms with E-state index in [-0.39, 0.29) is 11.3 Å². The van der Waals surface area contributed by atoms with E-state index in [1.165, 1.54) is 13.2 Å².